The molecule has 1 N–H and O–H groups in total. The van der Waals surface area contributed by atoms with E-state index in [4.69, 9.17) is 14.2 Å². The summed E-state index contributed by atoms with van der Waals surface area (Å²) >= 11 is 1.48. The van der Waals surface area contributed by atoms with Crippen molar-refractivity contribution in [2.24, 2.45) is 11.8 Å². The molecular formula is C27H35NO5S. The van der Waals surface area contributed by atoms with E-state index in [-0.39, 0.29) is 11.9 Å². The first-order valence-electron chi connectivity index (χ1n) is 11.9. The smallest absolute Gasteiger partial charge is 0.341 e. The third-order valence-corrected chi connectivity index (χ3v) is 6.97. The summed E-state index contributed by atoms with van der Waals surface area (Å²) in [6, 6.07) is 5.57. The molecule has 34 heavy (non-hydrogen) atoms. The van der Waals surface area contributed by atoms with Crippen molar-refractivity contribution in [2.75, 3.05) is 25.6 Å². The molecule has 1 unspecified atom stereocenters. The summed E-state index contributed by atoms with van der Waals surface area (Å²) in [5.74, 6) is 1.77. The average Bonchev–Trinajstić information content (AvgIpc) is 3.14. The number of rotatable bonds is 10. The molecule has 1 aliphatic rings. The van der Waals surface area contributed by atoms with E-state index in [0.717, 1.165) is 36.8 Å². The Morgan fingerprint density at radius 2 is 2.06 bits per heavy atom. The zero-order valence-corrected chi connectivity index (χ0v) is 21.6. The number of ether oxygens (including phenoxy) is 3. The molecule has 6 nitrogen and oxygen atoms in total. The van der Waals surface area contributed by atoms with Gasteiger partial charge in [0, 0.05) is 11.0 Å². The van der Waals surface area contributed by atoms with Gasteiger partial charge in [0.05, 0.1) is 25.9 Å². The topological polar surface area (TPSA) is 73.9 Å². The summed E-state index contributed by atoms with van der Waals surface area (Å²) < 4.78 is 16.6. The van der Waals surface area contributed by atoms with Crippen LogP contribution in [0.15, 0.2) is 24.3 Å². The van der Waals surface area contributed by atoms with Crippen LogP contribution in [0.1, 0.15) is 66.9 Å². The summed E-state index contributed by atoms with van der Waals surface area (Å²) in [5, 5.41) is 3.47. The second kappa shape index (κ2) is 12.1. The van der Waals surface area contributed by atoms with Crippen LogP contribution in [0.2, 0.25) is 0 Å². The highest BCUT2D eigenvalue weighted by molar-refractivity contribution is 7.17. The van der Waals surface area contributed by atoms with Crippen molar-refractivity contribution < 1.29 is 23.8 Å². The lowest BCUT2D eigenvalue weighted by molar-refractivity contribution is -0.111. The molecule has 3 rings (SSSR count). The van der Waals surface area contributed by atoms with Crippen LogP contribution < -0.4 is 14.8 Å². The van der Waals surface area contributed by atoms with Gasteiger partial charge in [-0.15, -0.1) is 11.3 Å². The molecule has 1 aromatic carbocycles. The van der Waals surface area contributed by atoms with Crippen molar-refractivity contribution in [1.29, 1.82) is 0 Å². The van der Waals surface area contributed by atoms with Gasteiger partial charge in [-0.2, -0.15) is 0 Å². The van der Waals surface area contributed by atoms with Crippen molar-refractivity contribution >= 4 is 34.3 Å². The molecule has 0 aliphatic heterocycles. The number of nitrogens with one attached hydrogen (secondary N) is 1. The van der Waals surface area contributed by atoms with Crippen LogP contribution in [0.25, 0.3) is 6.08 Å². The molecular weight excluding hydrogens is 450 g/mol. The van der Waals surface area contributed by atoms with E-state index in [1.807, 2.05) is 18.2 Å². The Morgan fingerprint density at radius 1 is 1.26 bits per heavy atom. The Hall–Kier alpha value is -2.80. The zero-order valence-electron chi connectivity index (χ0n) is 20.7. The summed E-state index contributed by atoms with van der Waals surface area (Å²) in [4.78, 5) is 26.5. The van der Waals surface area contributed by atoms with Gasteiger partial charge in [-0.05, 0) is 73.8 Å². The van der Waals surface area contributed by atoms with Crippen molar-refractivity contribution in [3.05, 3.63) is 45.8 Å². The number of carbonyl (C=O) groups excluding carboxylic acids is 2. The maximum atomic E-state index is 12.7. The average molecular weight is 486 g/mol. The molecule has 7 heteroatoms. The van der Waals surface area contributed by atoms with Crippen LogP contribution in [0.5, 0.6) is 11.5 Å². The molecule has 0 radical (unpaired) electrons. The van der Waals surface area contributed by atoms with Gasteiger partial charge in [-0.1, -0.05) is 26.8 Å². The van der Waals surface area contributed by atoms with E-state index in [1.54, 1.807) is 20.1 Å². The second-order valence-corrected chi connectivity index (χ2v) is 10.1. The minimum atomic E-state index is -0.369. The predicted molar refractivity (Wildman–Crippen MR) is 137 cm³/mol. The number of hydrogen-bond donors (Lipinski definition) is 1. The first kappa shape index (κ1) is 25.8. The van der Waals surface area contributed by atoms with Crippen LogP contribution in [0.3, 0.4) is 0 Å². The van der Waals surface area contributed by atoms with E-state index in [0.29, 0.717) is 47.1 Å². The predicted octanol–water partition coefficient (Wildman–Crippen LogP) is 6.14. The third kappa shape index (κ3) is 6.63. The van der Waals surface area contributed by atoms with Gasteiger partial charge >= 0.3 is 5.97 Å². The summed E-state index contributed by atoms with van der Waals surface area (Å²) in [6.45, 7) is 9.23. The highest BCUT2D eigenvalue weighted by atomic mass is 32.1. The van der Waals surface area contributed by atoms with Gasteiger partial charge in [-0.3, -0.25) is 4.79 Å². The quantitative estimate of drug-likeness (QED) is 0.323. The van der Waals surface area contributed by atoms with Gasteiger partial charge in [0.2, 0.25) is 5.91 Å². The molecule has 1 aliphatic carbocycles. The summed E-state index contributed by atoms with van der Waals surface area (Å²) in [6.07, 6.45) is 6.92. The van der Waals surface area contributed by atoms with Crippen LogP contribution in [-0.4, -0.2) is 32.2 Å². The van der Waals surface area contributed by atoms with E-state index in [1.165, 1.54) is 22.3 Å². The minimum absolute atomic E-state index is 0.298. The van der Waals surface area contributed by atoms with Crippen molar-refractivity contribution in [3.8, 4) is 11.5 Å². The monoisotopic (exact) mass is 485 g/mol. The Kier molecular flexibility index (Phi) is 9.16. The molecule has 1 amide bonds. The van der Waals surface area contributed by atoms with Crippen LogP contribution in [0, 0.1) is 11.8 Å². The fraction of sp³-hybridized carbons (Fsp3) is 0.481. The lowest BCUT2D eigenvalue weighted by Crippen LogP contribution is -2.15. The lowest BCUT2D eigenvalue weighted by Gasteiger charge is -2.18. The Morgan fingerprint density at radius 3 is 2.76 bits per heavy atom. The molecule has 0 spiro atoms. The fourth-order valence-electron chi connectivity index (χ4n) is 3.90. The molecule has 1 aromatic heterocycles. The summed E-state index contributed by atoms with van der Waals surface area (Å²) in [7, 11) is 1.60. The Bertz CT molecular complexity index is 1040. The Labute approximate surface area is 206 Å². The normalized spacial score (nSPS) is 15.3. The number of esters is 1. The van der Waals surface area contributed by atoms with Crippen LogP contribution in [0.4, 0.5) is 5.00 Å². The molecule has 1 atom stereocenters. The largest absolute Gasteiger partial charge is 0.493 e. The van der Waals surface area contributed by atoms with Gasteiger partial charge in [0.1, 0.15) is 5.00 Å². The van der Waals surface area contributed by atoms with Crippen LogP contribution in [-0.2, 0) is 22.4 Å². The number of thiophene rings is 1. The third-order valence-electron chi connectivity index (χ3n) is 5.80. The SMILES string of the molecule is CCOC(=O)c1c(NC(=O)C=Cc2ccc(OCCC(C)C)c(OC)c2)sc2c1CCC(C)C2. The highest BCUT2D eigenvalue weighted by Crippen LogP contribution is 2.40. The maximum Gasteiger partial charge on any atom is 0.341 e. The van der Waals surface area contributed by atoms with Gasteiger partial charge in [-0.25, -0.2) is 4.79 Å². The van der Waals surface area contributed by atoms with Gasteiger partial charge in [0.15, 0.2) is 11.5 Å². The molecule has 0 bridgehead atoms. The van der Waals surface area contributed by atoms with Crippen molar-refractivity contribution in [3.63, 3.8) is 0 Å². The second-order valence-electron chi connectivity index (χ2n) is 9.04. The summed E-state index contributed by atoms with van der Waals surface area (Å²) in [5.41, 5.74) is 2.35. The number of hydrogen-bond acceptors (Lipinski definition) is 6. The molecule has 0 saturated carbocycles. The minimum Gasteiger partial charge on any atom is -0.493 e. The number of fused-ring (bicyclic) bond motifs is 1. The fourth-order valence-corrected chi connectivity index (χ4v) is 5.30. The van der Waals surface area contributed by atoms with E-state index >= 15 is 0 Å². The van der Waals surface area contributed by atoms with E-state index in [9.17, 15) is 9.59 Å². The number of carbonyl (C=O) groups is 2. The molecule has 1 heterocycles. The van der Waals surface area contributed by atoms with E-state index in [2.05, 4.69) is 26.1 Å². The number of benzene rings is 1. The van der Waals surface area contributed by atoms with Crippen molar-refractivity contribution in [1.82, 2.24) is 0 Å². The number of amides is 1. The first-order chi connectivity index (χ1) is 16.3. The Balaban J connectivity index is 1.73. The number of anilines is 1. The molecule has 2 aromatic rings. The molecule has 0 fully saturated rings. The lowest BCUT2D eigenvalue weighted by atomic mass is 9.88. The van der Waals surface area contributed by atoms with Gasteiger partial charge < -0.3 is 19.5 Å². The van der Waals surface area contributed by atoms with Crippen LogP contribution >= 0.6 is 11.3 Å². The standard InChI is InChI=1S/C27H35NO5S/c1-6-32-27(30)25-20-10-7-18(4)15-23(20)34-26(25)28-24(29)12-9-19-8-11-21(22(16-19)31-5)33-14-13-17(2)3/h8-9,11-12,16-18H,6-7,10,13-15H2,1-5H3,(H,28,29). The first-order valence-corrected chi connectivity index (χ1v) is 12.8. The van der Waals surface area contributed by atoms with Crippen molar-refractivity contribution in [2.45, 2.75) is 53.4 Å². The maximum absolute atomic E-state index is 12.7. The molecule has 184 valence electrons. The zero-order chi connectivity index (χ0) is 24.7. The van der Waals surface area contributed by atoms with Gasteiger partial charge in [0.25, 0.3) is 0 Å². The van der Waals surface area contributed by atoms with E-state index < -0.39 is 0 Å². The molecule has 0 saturated heterocycles. The number of methoxy groups -OCH3 is 1. The highest BCUT2D eigenvalue weighted by Gasteiger charge is 2.28.